The van der Waals surface area contributed by atoms with E-state index >= 15 is 0 Å². The Kier molecular flexibility index (Phi) is 4.50. The third kappa shape index (κ3) is 3.11. The van der Waals surface area contributed by atoms with Gasteiger partial charge < -0.3 is 9.88 Å². The van der Waals surface area contributed by atoms with E-state index in [1.54, 1.807) is 24.5 Å². The van der Waals surface area contributed by atoms with Gasteiger partial charge in [0.1, 0.15) is 18.0 Å². The SMILES string of the molecule is CC[C@@H](NCc1nncn1C)c1cccc(Cl)c1F. The molecule has 2 rings (SSSR count). The fourth-order valence-electron chi connectivity index (χ4n) is 1.95. The first kappa shape index (κ1) is 14.0. The molecule has 0 aliphatic rings. The zero-order valence-corrected chi connectivity index (χ0v) is 11.7. The maximum absolute atomic E-state index is 14.0. The number of benzene rings is 1. The van der Waals surface area contributed by atoms with Crippen LogP contribution in [0.4, 0.5) is 4.39 Å². The van der Waals surface area contributed by atoms with Crippen LogP contribution in [0.15, 0.2) is 24.5 Å². The Bertz CT molecular complexity index is 555. The van der Waals surface area contributed by atoms with E-state index in [4.69, 9.17) is 11.6 Å². The third-order valence-electron chi connectivity index (χ3n) is 3.08. The van der Waals surface area contributed by atoms with Gasteiger partial charge in [-0.3, -0.25) is 0 Å². The highest BCUT2D eigenvalue weighted by Crippen LogP contribution is 2.25. The molecule has 1 aromatic carbocycles. The zero-order valence-electron chi connectivity index (χ0n) is 10.9. The smallest absolute Gasteiger partial charge is 0.146 e. The molecule has 1 heterocycles. The van der Waals surface area contributed by atoms with Crippen LogP contribution in [0.1, 0.15) is 30.8 Å². The first-order chi connectivity index (χ1) is 9.13. The summed E-state index contributed by atoms with van der Waals surface area (Å²) in [4.78, 5) is 0. The van der Waals surface area contributed by atoms with Gasteiger partial charge in [-0.25, -0.2) is 4.39 Å². The quantitative estimate of drug-likeness (QED) is 0.917. The standard InChI is InChI=1S/C13H16ClFN4/c1-3-11(9-5-4-6-10(14)13(9)15)16-7-12-18-17-8-19(12)2/h4-6,8,11,16H,3,7H2,1-2H3/t11-/m1/s1. The molecule has 0 fully saturated rings. The molecular weight excluding hydrogens is 267 g/mol. The Hall–Kier alpha value is -1.46. The van der Waals surface area contributed by atoms with Gasteiger partial charge in [0.2, 0.25) is 0 Å². The molecule has 4 nitrogen and oxygen atoms in total. The van der Waals surface area contributed by atoms with Crippen molar-refractivity contribution in [3.8, 4) is 0 Å². The molecular formula is C13H16ClFN4. The van der Waals surface area contributed by atoms with Crippen molar-refractivity contribution >= 4 is 11.6 Å². The maximum atomic E-state index is 14.0. The number of aromatic nitrogens is 3. The summed E-state index contributed by atoms with van der Waals surface area (Å²) in [5.74, 6) is 0.447. The first-order valence-corrected chi connectivity index (χ1v) is 6.51. The molecule has 19 heavy (non-hydrogen) atoms. The van der Waals surface area contributed by atoms with E-state index in [0.29, 0.717) is 12.1 Å². The van der Waals surface area contributed by atoms with Gasteiger partial charge in [0, 0.05) is 18.7 Å². The first-order valence-electron chi connectivity index (χ1n) is 6.13. The summed E-state index contributed by atoms with van der Waals surface area (Å²) >= 11 is 5.81. The highest BCUT2D eigenvalue weighted by Gasteiger charge is 2.16. The lowest BCUT2D eigenvalue weighted by Crippen LogP contribution is -2.23. The second kappa shape index (κ2) is 6.12. The van der Waals surface area contributed by atoms with Gasteiger partial charge >= 0.3 is 0 Å². The van der Waals surface area contributed by atoms with Crippen molar-refractivity contribution < 1.29 is 4.39 Å². The third-order valence-corrected chi connectivity index (χ3v) is 3.37. The molecule has 0 amide bonds. The van der Waals surface area contributed by atoms with Crippen molar-refractivity contribution in [2.75, 3.05) is 0 Å². The van der Waals surface area contributed by atoms with E-state index in [1.165, 1.54) is 0 Å². The lowest BCUT2D eigenvalue weighted by atomic mass is 10.0. The van der Waals surface area contributed by atoms with Gasteiger partial charge in [-0.05, 0) is 12.5 Å². The van der Waals surface area contributed by atoms with Crippen LogP contribution in [0, 0.1) is 5.82 Å². The van der Waals surface area contributed by atoms with E-state index < -0.39 is 0 Å². The second-order valence-electron chi connectivity index (χ2n) is 4.34. The van der Waals surface area contributed by atoms with Gasteiger partial charge in [0.15, 0.2) is 0 Å². The Morgan fingerprint density at radius 3 is 2.89 bits per heavy atom. The normalized spacial score (nSPS) is 12.6. The predicted octanol–water partition coefficient (Wildman–Crippen LogP) is 2.85. The van der Waals surface area contributed by atoms with Crippen molar-refractivity contribution in [2.45, 2.75) is 25.9 Å². The molecule has 0 bridgehead atoms. The number of halogens is 2. The van der Waals surface area contributed by atoms with Crippen LogP contribution >= 0.6 is 11.6 Å². The number of aryl methyl sites for hydroxylation is 1. The lowest BCUT2D eigenvalue weighted by Gasteiger charge is -2.18. The molecule has 2 aromatic rings. The van der Waals surface area contributed by atoms with E-state index in [9.17, 15) is 4.39 Å². The Labute approximate surface area is 116 Å². The molecule has 0 saturated heterocycles. The largest absolute Gasteiger partial charge is 0.320 e. The van der Waals surface area contributed by atoms with Gasteiger partial charge in [-0.15, -0.1) is 10.2 Å². The number of hydrogen-bond donors (Lipinski definition) is 1. The summed E-state index contributed by atoms with van der Waals surface area (Å²) in [6.45, 7) is 2.52. The number of hydrogen-bond acceptors (Lipinski definition) is 3. The van der Waals surface area contributed by atoms with Crippen molar-refractivity contribution in [1.82, 2.24) is 20.1 Å². The molecule has 0 radical (unpaired) electrons. The van der Waals surface area contributed by atoms with Crippen molar-refractivity contribution in [3.05, 3.63) is 46.8 Å². The number of nitrogens with one attached hydrogen (secondary N) is 1. The minimum absolute atomic E-state index is 0.101. The fourth-order valence-corrected chi connectivity index (χ4v) is 2.13. The molecule has 1 aromatic heterocycles. The lowest BCUT2D eigenvalue weighted by molar-refractivity contribution is 0.476. The van der Waals surface area contributed by atoms with Gasteiger partial charge in [0.25, 0.3) is 0 Å². The predicted molar refractivity (Wildman–Crippen MR) is 72.3 cm³/mol. The maximum Gasteiger partial charge on any atom is 0.146 e. The van der Waals surface area contributed by atoms with E-state index in [2.05, 4.69) is 15.5 Å². The van der Waals surface area contributed by atoms with Gasteiger partial charge in [-0.1, -0.05) is 30.7 Å². The molecule has 1 N–H and O–H groups in total. The minimum atomic E-state index is -0.360. The van der Waals surface area contributed by atoms with Crippen LogP contribution in [0.25, 0.3) is 0 Å². The Morgan fingerprint density at radius 1 is 1.47 bits per heavy atom. The monoisotopic (exact) mass is 282 g/mol. The average Bonchev–Trinajstić information content (AvgIpc) is 2.80. The molecule has 1 atom stereocenters. The Morgan fingerprint density at radius 2 is 2.26 bits per heavy atom. The van der Waals surface area contributed by atoms with Crippen LogP contribution in [0.3, 0.4) is 0 Å². The average molecular weight is 283 g/mol. The summed E-state index contributed by atoms with van der Waals surface area (Å²) < 4.78 is 15.8. The molecule has 0 aliphatic heterocycles. The summed E-state index contributed by atoms with van der Waals surface area (Å²) in [6.07, 6.45) is 2.40. The molecule has 0 saturated carbocycles. The van der Waals surface area contributed by atoms with E-state index in [0.717, 1.165) is 12.2 Å². The van der Waals surface area contributed by atoms with Crippen LogP contribution in [0.2, 0.25) is 5.02 Å². The zero-order chi connectivity index (χ0) is 13.8. The minimum Gasteiger partial charge on any atom is -0.320 e. The van der Waals surface area contributed by atoms with Crippen LogP contribution < -0.4 is 5.32 Å². The summed E-state index contributed by atoms with van der Waals surface area (Å²) in [7, 11) is 1.87. The second-order valence-corrected chi connectivity index (χ2v) is 4.75. The number of nitrogens with zero attached hydrogens (tertiary/aromatic N) is 3. The molecule has 6 heteroatoms. The van der Waals surface area contributed by atoms with Crippen molar-refractivity contribution in [2.24, 2.45) is 7.05 Å². The van der Waals surface area contributed by atoms with Gasteiger partial charge in [0.05, 0.1) is 11.6 Å². The van der Waals surface area contributed by atoms with Crippen molar-refractivity contribution in [3.63, 3.8) is 0 Å². The molecule has 0 aliphatic carbocycles. The highest BCUT2D eigenvalue weighted by molar-refractivity contribution is 6.30. The van der Waals surface area contributed by atoms with Crippen LogP contribution in [0.5, 0.6) is 0 Å². The summed E-state index contributed by atoms with van der Waals surface area (Å²) in [5, 5.41) is 11.2. The van der Waals surface area contributed by atoms with Crippen LogP contribution in [-0.2, 0) is 13.6 Å². The molecule has 102 valence electrons. The van der Waals surface area contributed by atoms with E-state index in [1.807, 2.05) is 18.5 Å². The topological polar surface area (TPSA) is 42.7 Å². The van der Waals surface area contributed by atoms with Crippen molar-refractivity contribution in [1.29, 1.82) is 0 Å². The Balaban J connectivity index is 2.12. The van der Waals surface area contributed by atoms with Gasteiger partial charge in [-0.2, -0.15) is 0 Å². The summed E-state index contributed by atoms with van der Waals surface area (Å²) in [6, 6.07) is 4.96. The molecule has 0 unspecified atom stereocenters. The highest BCUT2D eigenvalue weighted by atomic mass is 35.5. The summed E-state index contributed by atoms with van der Waals surface area (Å²) in [5.41, 5.74) is 0.581. The number of rotatable bonds is 5. The fraction of sp³-hybridized carbons (Fsp3) is 0.385. The van der Waals surface area contributed by atoms with E-state index in [-0.39, 0.29) is 16.9 Å². The van der Waals surface area contributed by atoms with Crippen LogP contribution in [-0.4, -0.2) is 14.8 Å². The molecule has 0 spiro atoms.